The Hall–Kier alpha value is -1.44. The maximum absolute atomic E-state index is 12.7. The maximum atomic E-state index is 12.7. The van der Waals surface area contributed by atoms with Crippen LogP contribution in [0.3, 0.4) is 0 Å². The highest BCUT2D eigenvalue weighted by Gasteiger charge is 2.34. The molecule has 1 saturated heterocycles. The van der Waals surface area contributed by atoms with Crippen molar-refractivity contribution in [2.45, 2.75) is 30.7 Å². The number of hydrogen-bond acceptors (Lipinski definition) is 5. The van der Waals surface area contributed by atoms with Crippen molar-refractivity contribution < 1.29 is 17.9 Å². The third-order valence-corrected chi connectivity index (χ3v) is 5.70. The van der Waals surface area contributed by atoms with Gasteiger partial charge < -0.3 is 10.1 Å². The highest BCUT2D eigenvalue weighted by atomic mass is 32.2. The van der Waals surface area contributed by atoms with E-state index in [9.17, 15) is 13.2 Å². The lowest BCUT2D eigenvalue weighted by Gasteiger charge is -2.23. The van der Waals surface area contributed by atoms with Gasteiger partial charge in [0, 0.05) is 19.1 Å². The number of hydrogen-bond donors (Lipinski definition) is 1. The molecule has 1 atom stereocenters. The Balaban J connectivity index is 2.21. The van der Waals surface area contributed by atoms with Crippen LogP contribution in [-0.4, -0.2) is 51.5 Å². The predicted molar refractivity (Wildman–Crippen MR) is 83.2 cm³/mol. The molecule has 1 aliphatic heterocycles. The molecule has 22 heavy (non-hydrogen) atoms. The van der Waals surface area contributed by atoms with Crippen molar-refractivity contribution in [3.63, 3.8) is 0 Å². The largest absolute Gasteiger partial charge is 0.462 e. The molecule has 0 aromatic heterocycles. The highest BCUT2D eigenvalue weighted by molar-refractivity contribution is 7.89. The Kier molecular flexibility index (Phi) is 5.55. The summed E-state index contributed by atoms with van der Waals surface area (Å²) < 4.78 is 31.9. The minimum Gasteiger partial charge on any atom is -0.462 e. The molecule has 122 valence electrons. The zero-order valence-electron chi connectivity index (χ0n) is 12.9. The van der Waals surface area contributed by atoms with Gasteiger partial charge in [-0.05, 0) is 51.1 Å². The van der Waals surface area contributed by atoms with Gasteiger partial charge in [0.1, 0.15) is 0 Å². The van der Waals surface area contributed by atoms with Crippen molar-refractivity contribution in [1.29, 1.82) is 0 Å². The average molecular weight is 326 g/mol. The lowest BCUT2D eigenvalue weighted by molar-refractivity contribution is 0.0526. The first-order chi connectivity index (χ1) is 10.5. The van der Waals surface area contributed by atoms with Crippen LogP contribution < -0.4 is 5.32 Å². The van der Waals surface area contributed by atoms with E-state index >= 15 is 0 Å². The summed E-state index contributed by atoms with van der Waals surface area (Å²) in [5.74, 6) is -0.444. The summed E-state index contributed by atoms with van der Waals surface area (Å²) in [6.07, 6.45) is 1.73. The lowest BCUT2D eigenvalue weighted by Crippen LogP contribution is -2.40. The van der Waals surface area contributed by atoms with Crippen molar-refractivity contribution in [1.82, 2.24) is 9.62 Å². The van der Waals surface area contributed by atoms with Gasteiger partial charge in [-0.25, -0.2) is 13.2 Å². The van der Waals surface area contributed by atoms with E-state index in [2.05, 4.69) is 5.32 Å². The van der Waals surface area contributed by atoms with E-state index in [0.717, 1.165) is 12.8 Å². The van der Waals surface area contributed by atoms with Gasteiger partial charge in [0.25, 0.3) is 0 Å². The molecule has 2 rings (SSSR count). The Morgan fingerprint density at radius 3 is 2.64 bits per heavy atom. The molecule has 1 aliphatic rings. The van der Waals surface area contributed by atoms with Crippen LogP contribution in [0, 0.1) is 0 Å². The molecule has 6 nitrogen and oxygen atoms in total. The molecule has 0 aliphatic carbocycles. The molecule has 1 unspecified atom stereocenters. The zero-order valence-corrected chi connectivity index (χ0v) is 13.7. The monoisotopic (exact) mass is 326 g/mol. The topological polar surface area (TPSA) is 75.7 Å². The van der Waals surface area contributed by atoms with Gasteiger partial charge in [-0.3, -0.25) is 0 Å². The molecular weight excluding hydrogens is 304 g/mol. The van der Waals surface area contributed by atoms with Crippen molar-refractivity contribution in [3.8, 4) is 0 Å². The number of esters is 1. The van der Waals surface area contributed by atoms with Gasteiger partial charge in [0.15, 0.2) is 0 Å². The Morgan fingerprint density at radius 1 is 1.36 bits per heavy atom. The SMILES string of the molecule is CCOC(=O)c1ccc(S(=O)(=O)N2CCCC2CNC)cc1. The number of sulfonamides is 1. The van der Waals surface area contributed by atoms with E-state index in [4.69, 9.17) is 4.74 Å². The van der Waals surface area contributed by atoms with E-state index in [1.807, 2.05) is 7.05 Å². The van der Waals surface area contributed by atoms with Crippen molar-refractivity contribution in [2.75, 3.05) is 26.7 Å². The summed E-state index contributed by atoms with van der Waals surface area (Å²) >= 11 is 0. The number of nitrogens with one attached hydrogen (secondary N) is 1. The maximum Gasteiger partial charge on any atom is 0.338 e. The van der Waals surface area contributed by atoms with Gasteiger partial charge in [-0.1, -0.05) is 0 Å². The number of benzene rings is 1. The molecule has 7 heteroatoms. The fraction of sp³-hybridized carbons (Fsp3) is 0.533. The highest BCUT2D eigenvalue weighted by Crippen LogP contribution is 2.26. The summed E-state index contributed by atoms with van der Waals surface area (Å²) in [5.41, 5.74) is 0.356. The molecular formula is C15H22N2O4S. The summed E-state index contributed by atoms with van der Waals surface area (Å²) in [6.45, 7) is 3.19. The van der Waals surface area contributed by atoms with Gasteiger partial charge in [-0.2, -0.15) is 4.31 Å². The number of nitrogens with zero attached hydrogens (tertiary/aromatic N) is 1. The third kappa shape index (κ3) is 3.48. The summed E-state index contributed by atoms with van der Waals surface area (Å²) in [7, 11) is -1.71. The first kappa shape index (κ1) is 16.9. The van der Waals surface area contributed by atoms with E-state index in [1.54, 1.807) is 11.2 Å². The average Bonchev–Trinajstić information content (AvgIpc) is 2.97. The molecule has 0 radical (unpaired) electrons. The molecule has 0 saturated carbocycles. The Morgan fingerprint density at radius 2 is 2.05 bits per heavy atom. The molecule has 0 bridgehead atoms. The Bertz CT molecular complexity index is 613. The van der Waals surface area contributed by atoms with Crippen molar-refractivity contribution in [3.05, 3.63) is 29.8 Å². The van der Waals surface area contributed by atoms with Crippen LogP contribution in [0.2, 0.25) is 0 Å². The van der Waals surface area contributed by atoms with Crippen molar-refractivity contribution in [2.24, 2.45) is 0 Å². The van der Waals surface area contributed by atoms with Gasteiger partial charge >= 0.3 is 5.97 Å². The normalized spacial score (nSPS) is 19.3. The van der Waals surface area contributed by atoms with E-state index in [1.165, 1.54) is 24.3 Å². The second kappa shape index (κ2) is 7.21. The van der Waals surface area contributed by atoms with Crippen LogP contribution in [0.1, 0.15) is 30.1 Å². The minimum atomic E-state index is -3.52. The standard InChI is InChI=1S/C15H22N2O4S/c1-3-21-15(18)12-6-8-14(9-7-12)22(19,20)17-10-4-5-13(17)11-16-2/h6-9,13,16H,3-5,10-11H2,1-2H3. The number of carbonyl (C=O) groups excluding carboxylic acids is 1. The first-order valence-electron chi connectivity index (χ1n) is 7.44. The molecule has 1 aromatic rings. The number of rotatable bonds is 6. The third-order valence-electron chi connectivity index (χ3n) is 3.73. The number of likely N-dealkylation sites (N-methyl/N-ethyl adjacent to an activating group) is 1. The van der Waals surface area contributed by atoms with E-state index in [-0.39, 0.29) is 10.9 Å². The zero-order chi connectivity index (χ0) is 16.2. The quantitative estimate of drug-likeness (QED) is 0.796. The van der Waals surface area contributed by atoms with E-state index < -0.39 is 16.0 Å². The van der Waals surface area contributed by atoms with Crippen LogP contribution in [0.15, 0.2) is 29.2 Å². The lowest BCUT2D eigenvalue weighted by atomic mass is 10.2. The van der Waals surface area contributed by atoms with Crippen LogP contribution in [0.4, 0.5) is 0 Å². The molecule has 1 aromatic carbocycles. The molecule has 0 spiro atoms. The number of carbonyl (C=O) groups is 1. The molecule has 1 fully saturated rings. The van der Waals surface area contributed by atoms with Crippen LogP contribution in [0.5, 0.6) is 0 Å². The molecule has 1 N–H and O–H groups in total. The van der Waals surface area contributed by atoms with Gasteiger partial charge in [-0.15, -0.1) is 0 Å². The van der Waals surface area contributed by atoms with E-state index in [0.29, 0.717) is 25.3 Å². The van der Waals surface area contributed by atoms with Gasteiger partial charge in [0.05, 0.1) is 17.1 Å². The first-order valence-corrected chi connectivity index (χ1v) is 8.88. The fourth-order valence-corrected chi connectivity index (χ4v) is 4.37. The van der Waals surface area contributed by atoms with Crippen LogP contribution in [-0.2, 0) is 14.8 Å². The Labute approximate surface area is 131 Å². The predicted octanol–water partition coefficient (Wildman–Crippen LogP) is 1.24. The van der Waals surface area contributed by atoms with Crippen LogP contribution in [0.25, 0.3) is 0 Å². The fourth-order valence-electron chi connectivity index (χ4n) is 2.68. The van der Waals surface area contributed by atoms with Gasteiger partial charge in [0.2, 0.25) is 10.0 Å². The summed E-state index contributed by atoms with van der Waals surface area (Å²) in [6, 6.07) is 5.91. The summed E-state index contributed by atoms with van der Waals surface area (Å²) in [5, 5.41) is 3.03. The van der Waals surface area contributed by atoms with Crippen molar-refractivity contribution >= 4 is 16.0 Å². The second-order valence-electron chi connectivity index (χ2n) is 5.21. The molecule has 1 heterocycles. The minimum absolute atomic E-state index is 0.0141. The smallest absolute Gasteiger partial charge is 0.338 e. The molecule has 0 amide bonds. The number of ether oxygens (including phenoxy) is 1. The van der Waals surface area contributed by atoms with Crippen LogP contribution >= 0.6 is 0 Å². The second-order valence-corrected chi connectivity index (χ2v) is 7.10. The summed E-state index contributed by atoms with van der Waals surface area (Å²) in [4.78, 5) is 11.8.